The molecular weight excluding hydrogens is 196 g/mol. The van der Waals surface area contributed by atoms with Crippen molar-refractivity contribution in [2.75, 3.05) is 24.5 Å². The van der Waals surface area contributed by atoms with Crippen molar-refractivity contribution in [2.45, 2.75) is 13.8 Å². The quantitative estimate of drug-likeness (QED) is 0.818. The fourth-order valence-electron chi connectivity index (χ4n) is 3.26. The van der Waals surface area contributed by atoms with E-state index in [0.717, 1.165) is 24.3 Å². The van der Waals surface area contributed by atoms with Crippen LogP contribution in [0, 0.1) is 31.6 Å². The molecule has 0 spiro atoms. The lowest BCUT2D eigenvalue weighted by atomic mass is 10.1. The second kappa shape index (κ2) is 3.49. The van der Waals surface area contributed by atoms with Crippen LogP contribution in [0.1, 0.15) is 11.1 Å². The summed E-state index contributed by atoms with van der Waals surface area (Å²) < 4.78 is 0. The van der Waals surface area contributed by atoms with Gasteiger partial charge in [-0.15, -0.1) is 0 Å². The third-order valence-electron chi connectivity index (χ3n) is 4.35. The molecule has 3 rings (SSSR count). The number of aryl methyl sites for hydroxylation is 2. The molecular formula is C14H20N2. The molecule has 0 amide bonds. The summed E-state index contributed by atoms with van der Waals surface area (Å²) in [7, 11) is 0. The van der Waals surface area contributed by atoms with E-state index in [1.807, 2.05) is 0 Å². The molecule has 2 aliphatic rings. The number of fused-ring (bicyclic) bond motifs is 1. The molecule has 0 aromatic heterocycles. The van der Waals surface area contributed by atoms with Gasteiger partial charge in [0.05, 0.1) is 0 Å². The van der Waals surface area contributed by atoms with Crippen LogP contribution in [0.2, 0.25) is 0 Å². The van der Waals surface area contributed by atoms with Crippen molar-refractivity contribution in [2.24, 2.45) is 23.5 Å². The highest BCUT2D eigenvalue weighted by molar-refractivity contribution is 5.56. The smallest absolute Gasteiger partial charge is 0.0398 e. The van der Waals surface area contributed by atoms with Crippen molar-refractivity contribution < 1.29 is 0 Å². The average molecular weight is 216 g/mol. The van der Waals surface area contributed by atoms with Gasteiger partial charge in [-0.3, -0.25) is 0 Å². The summed E-state index contributed by atoms with van der Waals surface area (Å²) >= 11 is 0. The van der Waals surface area contributed by atoms with E-state index in [1.165, 1.54) is 29.9 Å². The summed E-state index contributed by atoms with van der Waals surface area (Å²) in [5, 5.41) is 0. The lowest BCUT2D eigenvalue weighted by molar-refractivity contribution is 0.647. The number of anilines is 1. The standard InChI is InChI=1S/C14H20N2/c1-9-3-4-10(2)14(5-9)16-7-12-11(6-15)13(12)8-16/h3-5,11-13H,6-8,15H2,1-2H3. The van der Waals surface area contributed by atoms with Crippen LogP contribution in [-0.4, -0.2) is 19.6 Å². The molecule has 2 N–H and O–H groups in total. The number of rotatable bonds is 2. The highest BCUT2D eigenvalue weighted by atomic mass is 15.2. The van der Waals surface area contributed by atoms with E-state index in [0.29, 0.717) is 0 Å². The Labute approximate surface area is 97.4 Å². The second-order valence-electron chi connectivity index (χ2n) is 5.42. The minimum atomic E-state index is 0.821. The van der Waals surface area contributed by atoms with Crippen LogP contribution in [-0.2, 0) is 0 Å². The minimum Gasteiger partial charge on any atom is -0.371 e. The predicted molar refractivity (Wildman–Crippen MR) is 67.7 cm³/mol. The first-order valence-electron chi connectivity index (χ1n) is 6.23. The van der Waals surface area contributed by atoms with E-state index < -0.39 is 0 Å². The van der Waals surface area contributed by atoms with Crippen molar-refractivity contribution in [3.05, 3.63) is 29.3 Å². The molecule has 2 atom stereocenters. The van der Waals surface area contributed by atoms with Crippen molar-refractivity contribution in [3.63, 3.8) is 0 Å². The summed E-state index contributed by atoms with van der Waals surface area (Å²) in [6, 6.07) is 6.74. The van der Waals surface area contributed by atoms with E-state index >= 15 is 0 Å². The van der Waals surface area contributed by atoms with Gasteiger partial charge in [-0.2, -0.15) is 0 Å². The number of benzene rings is 1. The lowest BCUT2D eigenvalue weighted by Gasteiger charge is -2.24. The molecule has 1 heterocycles. The first-order chi connectivity index (χ1) is 7.70. The summed E-state index contributed by atoms with van der Waals surface area (Å²) in [4.78, 5) is 2.55. The topological polar surface area (TPSA) is 29.3 Å². The molecule has 1 aliphatic heterocycles. The van der Waals surface area contributed by atoms with Crippen LogP contribution in [0.15, 0.2) is 18.2 Å². The van der Waals surface area contributed by atoms with E-state index in [2.05, 4.69) is 36.9 Å². The molecule has 1 aromatic rings. The molecule has 1 aliphatic carbocycles. The number of nitrogens with two attached hydrogens (primary N) is 1. The van der Waals surface area contributed by atoms with Gasteiger partial charge in [0, 0.05) is 18.8 Å². The molecule has 0 radical (unpaired) electrons. The molecule has 86 valence electrons. The molecule has 1 saturated carbocycles. The van der Waals surface area contributed by atoms with Gasteiger partial charge in [-0.25, -0.2) is 0 Å². The fraction of sp³-hybridized carbons (Fsp3) is 0.571. The maximum atomic E-state index is 5.74. The Bertz CT molecular complexity index is 401. The van der Waals surface area contributed by atoms with E-state index in [-0.39, 0.29) is 0 Å². The average Bonchev–Trinajstić information content (AvgIpc) is 2.74. The Hall–Kier alpha value is -1.02. The monoisotopic (exact) mass is 216 g/mol. The van der Waals surface area contributed by atoms with Gasteiger partial charge in [-0.05, 0) is 55.3 Å². The van der Waals surface area contributed by atoms with Crippen LogP contribution in [0.3, 0.4) is 0 Å². The molecule has 1 aromatic carbocycles. The molecule has 1 saturated heterocycles. The van der Waals surface area contributed by atoms with Crippen LogP contribution in [0.5, 0.6) is 0 Å². The van der Waals surface area contributed by atoms with Crippen LogP contribution in [0.4, 0.5) is 5.69 Å². The van der Waals surface area contributed by atoms with Crippen molar-refractivity contribution >= 4 is 5.69 Å². The summed E-state index contributed by atoms with van der Waals surface area (Å²) in [6.07, 6.45) is 0. The number of hydrogen-bond donors (Lipinski definition) is 1. The summed E-state index contributed by atoms with van der Waals surface area (Å²) in [5.74, 6) is 2.58. The van der Waals surface area contributed by atoms with E-state index in [1.54, 1.807) is 0 Å². The third-order valence-corrected chi connectivity index (χ3v) is 4.35. The number of piperidine rings is 1. The van der Waals surface area contributed by atoms with Crippen molar-refractivity contribution in [1.82, 2.24) is 0 Å². The van der Waals surface area contributed by atoms with E-state index in [4.69, 9.17) is 5.73 Å². The predicted octanol–water partition coefficient (Wildman–Crippen LogP) is 1.94. The number of nitrogens with zero attached hydrogens (tertiary/aromatic N) is 1. The maximum absolute atomic E-state index is 5.74. The molecule has 0 bridgehead atoms. The molecule has 2 unspecified atom stereocenters. The van der Waals surface area contributed by atoms with Crippen LogP contribution >= 0.6 is 0 Å². The van der Waals surface area contributed by atoms with Crippen molar-refractivity contribution in [3.8, 4) is 0 Å². The Kier molecular flexibility index (Phi) is 2.21. The summed E-state index contributed by atoms with van der Waals surface area (Å²) in [5.41, 5.74) is 9.93. The zero-order chi connectivity index (χ0) is 11.3. The van der Waals surface area contributed by atoms with Gasteiger partial charge in [0.25, 0.3) is 0 Å². The van der Waals surface area contributed by atoms with Gasteiger partial charge in [0.1, 0.15) is 0 Å². The van der Waals surface area contributed by atoms with Crippen LogP contribution in [0.25, 0.3) is 0 Å². The Morgan fingerprint density at radius 2 is 1.94 bits per heavy atom. The fourth-order valence-corrected chi connectivity index (χ4v) is 3.26. The largest absolute Gasteiger partial charge is 0.371 e. The van der Waals surface area contributed by atoms with Crippen molar-refractivity contribution in [1.29, 1.82) is 0 Å². The molecule has 2 heteroatoms. The molecule has 2 nitrogen and oxygen atoms in total. The van der Waals surface area contributed by atoms with Gasteiger partial charge >= 0.3 is 0 Å². The Morgan fingerprint density at radius 3 is 2.56 bits per heavy atom. The highest BCUT2D eigenvalue weighted by Crippen LogP contribution is 2.52. The van der Waals surface area contributed by atoms with Gasteiger partial charge in [-0.1, -0.05) is 12.1 Å². The third kappa shape index (κ3) is 1.44. The first kappa shape index (κ1) is 10.2. The van der Waals surface area contributed by atoms with E-state index in [9.17, 15) is 0 Å². The highest BCUT2D eigenvalue weighted by Gasteiger charge is 2.54. The SMILES string of the molecule is Cc1ccc(C)c(N2CC3C(CN)C3C2)c1. The summed E-state index contributed by atoms with van der Waals surface area (Å²) in [6.45, 7) is 7.70. The lowest BCUT2D eigenvalue weighted by Crippen LogP contribution is -2.26. The first-order valence-corrected chi connectivity index (χ1v) is 6.23. The van der Waals surface area contributed by atoms with Crippen LogP contribution < -0.4 is 10.6 Å². The molecule has 2 fully saturated rings. The normalized spacial score (nSPS) is 31.7. The minimum absolute atomic E-state index is 0.821. The van der Waals surface area contributed by atoms with Gasteiger partial charge in [0.15, 0.2) is 0 Å². The second-order valence-corrected chi connectivity index (χ2v) is 5.42. The van der Waals surface area contributed by atoms with Gasteiger partial charge in [0.2, 0.25) is 0 Å². The zero-order valence-corrected chi connectivity index (χ0v) is 10.1. The Morgan fingerprint density at radius 1 is 1.25 bits per heavy atom. The number of hydrogen-bond acceptors (Lipinski definition) is 2. The Balaban J connectivity index is 1.78. The molecule has 16 heavy (non-hydrogen) atoms. The maximum Gasteiger partial charge on any atom is 0.0398 e. The van der Waals surface area contributed by atoms with Gasteiger partial charge < -0.3 is 10.6 Å². The zero-order valence-electron chi connectivity index (χ0n) is 10.1.